The highest BCUT2D eigenvalue weighted by Crippen LogP contribution is 2.28. The van der Waals surface area contributed by atoms with Crippen molar-refractivity contribution < 1.29 is 0 Å². The van der Waals surface area contributed by atoms with Gasteiger partial charge in [-0.3, -0.25) is 0 Å². The lowest BCUT2D eigenvalue weighted by molar-refractivity contribution is 0.229. The van der Waals surface area contributed by atoms with E-state index in [2.05, 4.69) is 27.2 Å². The van der Waals surface area contributed by atoms with Crippen LogP contribution in [-0.4, -0.2) is 50.7 Å². The fourth-order valence-corrected chi connectivity index (χ4v) is 3.66. The van der Waals surface area contributed by atoms with E-state index in [4.69, 9.17) is 5.73 Å². The summed E-state index contributed by atoms with van der Waals surface area (Å²) in [5.41, 5.74) is 9.64. The van der Waals surface area contributed by atoms with Crippen LogP contribution in [-0.2, 0) is 6.42 Å². The van der Waals surface area contributed by atoms with Gasteiger partial charge in [-0.1, -0.05) is 12.5 Å². The SMILES string of the molecule is Nc1ccc2c(c1)N(CCNCCN1CCCCC1)CCC2. The number of anilines is 2. The highest BCUT2D eigenvalue weighted by Gasteiger charge is 2.16. The Morgan fingerprint density at radius 1 is 0.955 bits per heavy atom. The second kappa shape index (κ2) is 7.84. The summed E-state index contributed by atoms with van der Waals surface area (Å²) in [4.78, 5) is 5.08. The van der Waals surface area contributed by atoms with Crippen LogP contribution < -0.4 is 16.0 Å². The number of rotatable bonds is 6. The first-order chi connectivity index (χ1) is 10.8. The Bertz CT molecular complexity index is 468. The molecular formula is C18H30N4. The quantitative estimate of drug-likeness (QED) is 0.624. The van der Waals surface area contributed by atoms with Gasteiger partial charge in [0.05, 0.1) is 0 Å². The van der Waals surface area contributed by atoms with E-state index in [0.717, 1.165) is 31.9 Å². The number of nitrogens with zero attached hydrogens (tertiary/aromatic N) is 2. The lowest BCUT2D eigenvalue weighted by Gasteiger charge is -2.32. The minimum absolute atomic E-state index is 0.878. The number of nitrogen functional groups attached to an aromatic ring is 1. The van der Waals surface area contributed by atoms with Gasteiger partial charge < -0.3 is 20.9 Å². The largest absolute Gasteiger partial charge is 0.399 e. The summed E-state index contributed by atoms with van der Waals surface area (Å²) >= 11 is 0. The lowest BCUT2D eigenvalue weighted by Crippen LogP contribution is -2.39. The van der Waals surface area contributed by atoms with Gasteiger partial charge in [0.1, 0.15) is 0 Å². The van der Waals surface area contributed by atoms with Crippen molar-refractivity contribution in [1.82, 2.24) is 10.2 Å². The van der Waals surface area contributed by atoms with E-state index in [1.807, 2.05) is 6.07 Å². The Morgan fingerprint density at radius 2 is 1.77 bits per heavy atom. The van der Waals surface area contributed by atoms with Crippen LogP contribution in [0.25, 0.3) is 0 Å². The first-order valence-corrected chi connectivity index (χ1v) is 8.89. The standard InChI is InChI=1S/C18H30N4/c19-17-7-6-16-5-4-12-22(18(16)15-17)14-9-20-8-13-21-10-2-1-3-11-21/h6-7,15,20H,1-5,8-14,19H2. The highest BCUT2D eigenvalue weighted by molar-refractivity contribution is 5.62. The third-order valence-corrected chi connectivity index (χ3v) is 4.94. The van der Waals surface area contributed by atoms with Gasteiger partial charge >= 0.3 is 0 Å². The van der Waals surface area contributed by atoms with Gasteiger partial charge in [0.2, 0.25) is 0 Å². The molecule has 1 aromatic carbocycles. The van der Waals surface area contributed by atoms with Crippen molar-refractivity contribution in [3.8, 4) is 0 Å². The predicted octanol–water partition coefficient (Wildman–Crippen LogP) is 2.10. The van der Waals surface area contributed by atoms with E-state index in [-0.39, 0.29) is 0 Å². The molecule has 0 atom stereocenters. The highest BCUT2D eigenvalue weighted by atomic mass is 15.2. The molecule has 4 nitrogen and oxygen atoms in total. The molecule has 4 heteroatoms. The van der Waals surface area contributed by atoms with Gasteiger partial charge in [0, 0.05) is 44.1 Å². The summed E-state index contributed by atoms with van der Waals surface area (Å²) < 4.78 is 0. The minimum Gasteiger partial charge on any atom is -0.399 e. The number of hydrogen-bond acceptors (Lipinski definition) is 4. The van der Waals surface area contributed by atoms with Crippen LogP contribution in [0.2, 0.25) is 0 Å². The average molecular weight is 302 g/mol. The summed E-state index contributed by atoms with van der Waals surface area (Å²) in [6.45, 7) is 8.19. The third-order valence-electron chi connectivity index (χ3n) is 4.94. The second-order valence-electron chi connectivity index (χ2n) is 6.63. The Labute approximate surface area is 134 Å². The van der Waals surface area contributed by atoms with Crippen molar-refractivity contribution in [3.05, 3.63) is 23.8 Å². The molecule has 0 bridgehead atoms. The van der Waals surface area contributed by atoms with Crippen LogP contribution in [0.4, 0.5) is 11.4 Å². The summed E-state index contributed by atoms with van der Waals surface area (Å²) in [5, 5.41) is 3.61. The maximum absolute atomic E-state index is 5.96. The van der Waals surface area contributed by atoms with Crippen LogP contribution >= 0.6 is 0 Å². The molecule has 0 unspecified atom stereocenters. The maximum Gasteiger partial charge on any atom is 0.0419 e. The summed E-state index contributed by atoms with van der Waals surface area (Å²) in [6.07, 6.45) is 6.62. The van der Waals surface area contributed by atoms with Crippen molar-refractivity contribution in [2.24, 2.45) is 0 Å². The van der Waals surface area contributed by atoms with Crippen LogP contribution in [0, 0.1) is 0 Å². The monoisotopic (exact) mass is 302 g/mol. The smallest absolute Gasteiger partial charge is 0.0419 e. The molecule has 3 N–H and O–H groups in total. The van der Waals surface area contributed by atoms with E-state index in [0.29, 0.717) is 0 Å². The zero-order valence-corrected chi connectivity index (χ0v) is 13.7. The Balaban J connectivity index is 1.40. The molecule has 2 heterocycles. The topological polar surface area (TPSA) is 44.5 Å². The van der Waals surface area contributed by atoms with Gasteiger partial charge in [-0.05, 0) is 56.5 Å². The predicted molar refractivity (Wildman–Crippen MR) is 94.5 cm³/mol. The Morgan fingerprint density at radius 3 is 2.64 bits per heavy atom. The number of nitrogens with two attached hydrogens (primary N) is 1. The molecule has 1 aromatic rings. The lowest BCUT2D eigenvalue weighted by atomic mass is 10.0. The van der Waals surface area contributed by atoms with E-state index in [1.54, 1.807) is 0 Å². The molecule has 0 aromatic heterocycles. The van der Waals surface area contributed by atoms with E-state index in [9.17, 15) is 0 Å². The van der Waals surface area contributed by atoms with E-state index < -0.39 is 0 Å². The molecule has 1 fully saturated rings. The Hall–Kier alpha value is -1.26. The van der Waals surface area contributed by atoms with E-state index >= 15 is 0 Å². The van der Waals surface area contributed by atoms with Crippen molar-refractivity contribution in [1.29, 1.82) is 0 Å². The van der Waals surface area contributed by atoms with Crippen molar-refractivity contribution in [2.45, 2.75) is 32.1 Å². The number of benzene rings is 1. The molecular weight excluding hydrogens is 272 g/mol. The van der Waals surface area contributed by atoms with E-state index in [1.165, 1.54) is 63.0 Å². The van der Waals surface area contributed by atoms with Crippen molar-refractivity contribution >= 4 is 11.4 Å². The number of hydrogen-bond donors (Lipinski definition) is 2. The molecule has 0 amide bonds. The number of aryl methyl sites for hydroxylation is 1. The van der Waals surface area contributed by atoms with Crippen LogP contribution in [0.1, 0.15) is 31.2 Å². The zero-order chi connectivity index (χ0) is 15.2. The molecule has 2 aliphatic rings. The third kappa shape index (κ3) is 4.14. The second-order valence-corrected chi connectivity index (χ2v) is 6.63. The number of likely N-dealkylation sites (tertiary alicyclic amines) is 1. The van der Waals surface area contributed by atoms with Crippen molar-refractivity contribution in [2.75, 3.05) is 56.4 Å². The molecule has 22 heavy (non-hydrogen) atoms. The molecule has 0 spiro atoms. The zero-order valence-electron chi connectivity index (χ0n) is 13.7. The molecule has 1 saturated heterocycles. The maximum atomic E-state index is 5.96. The van der Waals surface area contributed by atoms with Gasteiger partial charge in [-0.25, -0.2) is 0 Å². The molecule has 0 saturated carbocycles. The number of piperidine rings is 1. The first-order valence-electron chi connectivity index (χ1n) is 8.89. The van der Waals surface area contributed by atoms with Crippen LogP contribution in [0.5, 0.6) is 0 Å². The first kappa shape index (κ1) is 15.6. The normalized spacial score (nSPS) is 19.2. The molecule has 122 valence electrons. The molecule has 3 rings (SSSR count). The van der Waals surface area contributed by atoms with Gasteiger partial charge in [0.25, 0.3) is 0 Å². The molecule has 2 aliphatic heterocycles. The van der Waals surface area contributed by atoms with Gasteiger partial charge in [-0.15, -0.1) is 0 Å². The fourth-order valence-electron chi connectivity index (χ4n) is 3.66. The van der Waals surface area contributed by atoms with Gasteiger partial charge in [-0.2, -0.15) is 0 Å². The number of fused-ring (bicyclic) bond motifs is 1. The molecule has 0 radical (unpaired) electrons. The van der Waals surface area contributed by atoms with Crippen LogP contribution in [0.15, 0.2) is 18.2 Å². The minimum atomic E-state index is 0.878. The summed E-state index contributed by atoms with van der Waals surface area (Å²) in [7, 11) is 0. The van der Waals surface area contributed by atoms with Gasteiger partial charge in [0.15, 0.2) is 0 Å². The van der Waals surface area contributed by atoms with Crippen molar-refractivity contribution in [3.63, 3.8) is 0 Å². The average Bonchev–Trinajstić information content (AvgIpc) is 2.56. The summed E-state index contributed by atoms with van der Waals surface area (Å²) in [6, 6.07) is 6.36. The molecule has 0 aliphatic carbocycles. The number of nitrogens with one attached hydrogen (secondary N) is 1. The van der Waals surface area contributed by atoms with Crippen LogP contribution in [0.3, 0.4) is 0 Å². The Kier molecular flexibility index (Phi) is 5.57. The fraction of sp³-hybridized carbons (Fsp3) is 0.667. The summed E-state index contributed by atoms with van der Waals surface area (Å²) in [5.74, 6) is 0.